The smallest absolute Gasteiger partial charge is 0.264 e. The zero-order chi connectivity index (χ0) is 27.3. The second-order valence-electron chi connectivity index (χ2n) is 8.28. The number of sulfonamides is 1. The molecule has 1 aromatic heterocycles. The monoisotopic (exact) mass is 571 g/mol. The molecule has 38 heavy (non-hydrogen) atoms. The summed E-state index contributed by atoms with van der Waals surface area (Å²) in [4.78, 5) is 26.0. The van der Waals surface area contributed by atoms with Crippen molar-refractivity contribution in [2.45, 2.75) is 18.4 Å². The number of benzene rings is 3. The van der Waals surface area contributed by atoms with Crippen LogP contribution in [0.15, 0.2) is 94.4 Å². The molecule has 0 unspecified atom stereocenters. The molecule has 0 radical (unpaired) electrons. The van der Waals surface area contributed by atoms with Crippen LogP contribution in [0.4, 0.5) is 11.4 Å². The third-order valence-electron chi connectivity index (χ3n) is 5.52. The fraction of sp³-hybridized carbons (Fsp3) is 0.111. The molecular formula is C27H23Cl2N3O5S. The summed E-state index contributed by atoms with van der Waals surface area (Å²) >= 11 is 12.5. The molecule has 3 aromatic carbocycles. The lowest BCUT2D eigenvalue weighted by atomic mass is 10.1. The van der Waals surface area contributed by atoms with E-state index >= 15 is 0 Å². The van der Waals surface area contributed by atoms with Crippen LogP contribution in [0.5, 0.6) is 0 Å². The molecule has 4 aromatic rings. The van der Waals surface area contributed by atoms with Gasteiger partial charge in [-0.3, -0.25) is 13.9 Å². The van der Waals surface area contributed by atoms with Gasteiger partial charge in [0.1, 0.15) is 12.3 Å². The van der Waals surface area contributed by atoms with Crippen molar-refractivity contribution in [2.24, 2.45) is 0 Å². The van der Waals surface area contributed by atoms with Gasteiger partial charge in [-0.2, -0.15) is 0 Å². The quantitative estimate of drug-likeness (QED) is 0.269. The normalized spacial score (nSPS) is 11.1. The number of carbonyl (C=O) groups is 2. The molecular weight excluding hydrogens is 549 g/mol. The molecule has 0 bridgehead atoms. The molecule has 8 nitrogen and oxygen atoms in total. The first-order valence-corrected chi connectivity index (χ1v) is 13.6. The van der Waals surface area contributed by atoms with Crippen molar-refractivity contribution >= 4 is 56.4 Å². The molecule has 1 heterocycles. The van der Waals surface area contributed by atoms with Gasteiger partial charge in [0.15, 0.2) is 0 Å². The van der Waals surface area contributed by atoms with E-state index in [1.54, 1.807) is 48.5 Å². The fourth-order valence-corrected chi connectivity index (χ4v) is 5.47. The lowest BCUT2D eigenvalue weighted by molar-refractivity contribution is -0.114. The Morgan fingerprint density at radius 2 is 1.68 bits per heavy atom. The van der Waals surface area contributed by atoms with Crippen LogP contribution in [0.3, 0.4) is 0 Å². The van der Waals surface area contributed by atoms with Crippen LogP contribution >= 0.6 is 23.2 Å². The van der Waals surface area contributed by atoms with Crippen molar-refractivity contribution in [1.82, 2.24) is 5.32 Å². The summed E-state index contributed by atoms with van der Waals surface area (Å²) in [6, 6.07) is 20.4. The van der Waals surface area contributed by atoms with E-state index < -0.39 is 28.4 Å². The van der Waals surface area contributed by atoms with E-state index in [4.69, 9.17) is 27.6 Å². The van der Waals surface area contributed by atoms with Crippen LogP contribution in [0, 0.1) is 6.92 Å². The molecule has 2 N–H and O–H groups in total. The van der Waals surface area contributed by atoms with Crippen molar-refractivity contribution < 1.29 is 22.4 Å². The van der Waals surface area contributed by atoms with E-state index in [9.17, 15) is 18.0 Å². The van der Waals surface area contributed by atoms with Crippen molar-refractivity contribution in [3.63, 3.8) is 0 Å². The number of halogens is 2. The Hall–Kier alpha value is -3.79. The van der Waals surface area contributed by atoms with Gasteiger partial charge >= 0.3 is 0 Å². The zero-order valence-electron chi connectivity index (χ0n) is 20.1. The molecule has 0 saturated carbocycles. The predicted molar refractivity (Wildman–Crippen MR) is 147 cm³/mol. The summed E-state index contributed by atoms with van der Waals surface area (Å²) < 4.78 is 33.4. The first-order valence-electron chi connectivity index (χ1n) is 11.4. The minimum Gasteiger partial charge on any atom is -0.467 e. The Kier molecular flexibility index (Phi) is 8.41. The molecule has 0 aliphatic carbocycles. The van der Waals surface area contributed by atoms with Crippen molar-refractivity contribution in [2.75, 3.05) is 16.2 Å². The third-order valence-corrected chi connectivity index (χ3v) is 7.85. The summed E-state index contributed by atoms with van der Waals surface area (Å²) in [7, 11) is -4.22. The zero-order valence-corrected chi connectivity index (χ0v) is 22.5. The van der Waals surface area contributed by atoms with Gasteiger partial charge < -0.3 is 15.1 Å². The van der Waals surface area contributed by atoms with Gasteiger partial charge in [0.05, 0.1) is 39.7 Å². The first-order chi connectivity index (χ1) is 18.1. The number of nitrogens with zero attached hydrogens (tertiary/aromatic N) is 1. The van der Waals surface area contributed by atoms with Crippen LogP contribution in [-0.2, 0) is 21.4 Å². The highest BCUT2D eigenvalue weighted by Crippen LogP contribution is 2.33. The molecule has 0 aliphatic rings. The number of para-hydroxylation sites is 1. The lowest BCUT2D eigenvalue weighted by Gasteiger charge is -2.25. The van der Waals surface area contributed by atoms with Crippen LogP contribution in [0.1, 0.15) is 21.7 Å². The highest BCUT2D eigenvalue weighted by molar-refractivity contribution is 7.92. The van der Waals surface area contributed by atoms with Crippen LogP contribution in [-0.4, -0.2) is 26.8 Å². The maximum Gasteiger partial charge on any atom is 0.264 e. The largest absolute Gasteiger partial charge is 0.467 e. The molecule has 0 spiro atoms. The first kappa shape index (κ1) is 27.3. The van der Waals surface area contributed by atoms with Gasteiger partial charge in [0, 0.05) is 5.02 Å². The van der Waals surface area contributed by atoms with Crippen LogP contribution < -0.4 is 14.9 Å². The van der Waals surface area contributed by atoms with Crippen LogP contribution in [0.25, 0.3) is 0 Å². The Morgan fingerprint density at radius 1 is 0.947 bits per heavy atom. The number of nitrogens with one attached hydrogen (secondary N) is 2. The fourth-order valence-electron chi connectivity index (χ4n) is 3.60. The Morgan fingerprint density at radius 3 is 2.39 bits per heavy atom. The topological polar surface area (TPSA) is 109 Å². The number of carbonyl (C=O) groups excluding carboxylic acids is 2. The Labute approximate surface area is 230 Å². The average Bonchev–Trinajstić information content (AvgIpc) is 3.42. The van der Waals surface area contributed by atoms with Gasteiger partial charge in [0.2, 0.25) is 5.91 Å². The third kappa shape index (κ3) is 6.36. The maximum atomic E-state index is 13.6. The Balaban J connectivity index is 1.61. The van der Waals surface area contributed by atoms with Gasteiger partial charge in [0.25, 0.3) is 15.9 Å². The van der Waals surface area contributed by atoms with Gasteiger partial charge in [-0.1, -0.05) is 53.0 Å². The average molecular weight is 572 g/mol. The number of aryl methyl sites for hydroxylation is 1. The molecule has 196 valence electrons. The van der Waals surface area contributed by atoms with E-state index in [1.165, 1.54) is 36.6 Å². The number of amides is 2. The predicted octanol–water partition coefficient (Wildman–Crippen LogP) is 5.66. The molecule has 11 heteroatoms. The summed E-state index contributed by atoms with van der Waals surface area (Å²) in [5, 5.41) is 5.71. The molecule has 0 aliphatic heterocycles. The number of rotatable bonds is 9. The van der Waals surface area contributed by atoms with Crippen molar-refractivity contribution in [3.8, 4) is 0 Å². The molecule has 0 atom stereocenters. The van der Waals surface area contributed by atoms with E-state index in [-0.39, 0.29) is 38.4 Å². The molecule has 2 amide bonds. The van der Waals surface area contributed by atoms with Crippen molar-refractivity contribution in [1.29, 1.82) is 0 Å². The summed E-state index contributed by atoms with van der Waals surface area (Å²) in [5.41, 5.74) is 1.32. The highest BCUT2D eigenvalue weighted by atomic mass is 35.5. The van der Waals surface area contributed by atoms with Crippen molar-refractivity contribution in [3.05, 3.63) is 112 Å². The number of anilines is 2. The van der Waals surface area contributed by atoms with E-state index in [0.717, 1.165) is 9.87 Å². The lowest BCUT2D eigenvalue weighted by Crippen LogP contribution is -2.38. The minimum atomic E-state index is -4.22. The summed E-state index contributed by atoms with van der Waals surface area (Å²) in [6.07, 6.45) is 1.50. The van der Waals surface area contributed by atoms with Gasteiger partial charge in [-0.05, 0) is 61.5 Å². The summed E-state index contributed by atoms with van der Waals surface area (Å²) in [5.74, 6) is -0.572. The number of hydrogen-bond acceptors (Lipinski definition) is 5. The van der Waals surface area contributed by atoms with Crippen LogP contribution in [0.2, 0.25) is 10.0 Å². The van der Waals surface area contributed by atoms with Gasteiger partial charge in [-0.25, -0.2) is 8.42 Å². The molecule has 0 fully saturated rings. The Bertz CT molecular complexity index is 1560. The summed E-state index contributed by atoms with van der Waals surface area (Å²) in [6.45, 7) is 1.36. The van der Waals surface area contributed by atoms with E-state index in [1.807, 2.05) is 6.92 Å². The second kappa shape index (κ2) is 11.7. The maximum absolute atomic E-state index is 13.6. The molecule has 4 rings (SSSR count). The van der Waals surface area contributed by atoms with Gasteiger partial charge in [-0.15, -0.1) is 0 Å². The highest BCUT2D eigenvalue weighted by Gasteiger charge is 2.29. The SMILES string of the molecule is Cc1ccc(S(=O)(=O)N(CC(=O)Nc2ccccc2C(=O)NCc2ccco2)c2cc(Cl)ccc2Cl)cc1. The van der Waals surface area contributed by atoms with E-state index in [2.05, 4.69) is 10.6 Å². The van der Waals surface area contributed by atoms with E-state index in [0.29, 0.717) is 5.76 Å². The standard InChI is InChI=1S/C27H23Cl2N3O5S/c1-18-8-11-21(12-9-18)38(35,36)32(25-15-19(28)10-13-23(25)29)17-26(33)31-24-7-3-2-6-22(24)27(34)30-16-20-5-4-14-37-20/h2-15H,16-17H2,1H3,(H,30,34)(H,31,33). The number of hydrogen-bond donors (Lipinski definition) is 2. The second-order valence-corrected chi connectivity index (χ2v) is 11.0. The molecule has 0 saturated heterocycles. The number of furan rings is 1. The minimum absolute atomic E-state index is 0.0235.